The molecular formula is C16H18Cl2FN3S. The van der Waals surface area contributed by atoms with Crippen LogP contribution in [0.25, 0.3) is 11.1 Å². The number of aliphatic imine (C=N–C) groups is 1. The zero-order valence-corrected chi connectivity index (χ0v) is 15.0. The van der Waals surface area contributed by atoms with Crippen LogP contribution in [0.2, 0.25) is 0 Å². The van der Waals surface area contributed by atoms with Crippen LogP contribution in [0.4, 0.5) is 4.39 Å². The summed E-state index contributed by atoms with van der Waals surface area (Å²) in [5, 5.41) is 0.613. The topological polar surface area (TPSA) is 51.3 Å². The maximum absolute atomic E-state index is 13.9. The van der Waals surface area contributed by atoms with Crippen molar-refractivity contribution in [2.45, 2.75) is 18.1 Å². The zero-order chi connectivity index (χ0) is 14.9. The number of nitrogens with two attached hydrogens (primary N) is 1. The molecule has 0 fully saturated rings. The predicted octanol–water partition coefficient (Wildman–Crippen LogP) is 4.40. The Bertz CT molecular complexity index is 711. The van der Waals surface area contributed by atoms with Crippen LogP contribution < -0.4 is 5.73 Å². The van der Waals surface area contributed by atoms with Crippen molar-refractivity contribution < 1.29 is 4.39 Å². The lowest BCUT2D eigenvalue weighted by atomic mass is 9.93. The highest BCUT2D eigenvalue weighted by Gasteiger charge is 2.31. The fourth-order valence-corrected chi connectivity index (χ4v) is 3.57. The van der Waals surface area contributed by atoms with Gasteiger partial charge in [-0.25, -0.2) is 4.98 Å². The molecule has 3 rings (SSSR count). The van der Waals surface area contributed by atoms with Crippen molar-refractivity contribution in [3.8, 4) is 11.1 Å². The highest BCUT2D eigenvalue weighted by atomic mass is 35.5. The van der Waals surface area contributed by atoms with Gasteiger partial charge in [0.2, 0.25) is 5.95 Å². The molecule has 0 saturated heterocycles. The van der Waals surface area contributed by atoms with Crippen LogP contribution in [-0.4, -0.2) is 16.7 Å². The molecule has 1 aliphatic rings. The molecule has 0 saturated carbocycles. The van der Waals surface area contributed by atoms with Crippen molar-refractivity contribution in [2.24, 2.45) is 10.7 Å². The zero-order valence-electron chi connectivity index (χ0n) is 12.5. The SMILES string of the molecule is C[C@@]1(c2cccc(-c3cccnc3F)c2)CCN=C(N)S1.Cl.Cl. The summed E-state index contributed by atoms with van der Waals surface area (Å²) in [6.45, 7) is 2.87. The van der Waals surface area contributed by atoms with Gasteiger partial charge in [0, 0.05) is 23.1 Å². The lowest BCUT2D eigenvalue weighted by Crippen LogP contribution is -2.28. The lowest BCUT2D eigenvalue weighted by Gasteiger charge is -2.31. The minimum atomic E-state index is -0.447. The Morgan fingerprint density at radius 2 is 2.00 bits per heavy atom. The molecule has 0 bridgehead atoms. The van der Waals surface area contributed by atoms with Crippen LogP contribution in [-0.2, 0) is 4.75 Å². The normalized spacial score (nSPS) is 20.0. The average Bonchev–Trinajstić information content (AvgIpc) is 2.48. The van der Waals surface area contributed by atoms with E-state index in [-0.39, 0.29) is 29.6 Å². The molecule has 3 nitrogen and oxygen atoms in total. The molecule has 1 atom stereocenters. The standard InChI is InChI=1S/C16H16FN3S.2ClH/c1-16(7-9-20-15(18)21-16)12-5-2-4-11(10-12)13-6-3-8-19-14(13)17;;/h2-6,8,10H,7,9H2,1H3,(H2,18,20);2*1H/t16-;;/m0../s1. The number of pyridine rings is 1. The van der Waals surface area contributed by atoms with E-state index in [1.54, 1.807) is 23.9 Å². The van der Waals surface area contributed by atoms with E-state index >= 15 is 0 Å². The Labute approximate surface area is 151 Å². The number of thioether (sulfide) groups is 1. The maximum atomic E-state index is 13.9. The van der Waals surface area contributed by atoms with E-state index in [4.69, 9.17) is 5.73 Å². The summed E-state index contributed by atoms with van der Waals surface area (Å²) in [6, 6.07) is 11.4. The van der Waals surface area contributed by atoms with E-state index in [1.807, 2.05) is 18.2 Å². The largest absolute Gasteiger partial charge is 0.379 e. The Kier molecular flexibility index (Phi) is 6.86. The molecule has 1 aromatic heterocycles. The summed E-state index contributed by atoms with van der Waals surface area (Å²) in [4.78, 5) is 7.95. The summed E-state index contributed by atoms with van der Waals surface area (Å²) in [5.74, 6) is -0.447. The second-order valence-electron chi connectivity index (χ2n) is 5.23. The quantitative estimate of drug-likeness (QED) is 0.793. The smallest absolute Gasteiger partial charge is 0.220 e. The molecule has 23 heavy (non-hydrogen) atoms. The number of amidine groups is 1. The van der Waals surface area contributed by atoms with Crippen LogP contribution >= 0.6 is 36.6 Å². The number of aromatic nitrogens is 1. The molecule has 2 heterocycles. The first-order valence-electron chi connectivity index (χ1n) is 6.79. The van der Waals surface area contributed by atoms with Crippen LogP contribution in [0.5, 0.6) is 0 Å². The maximum Gasteiger partial charge on any atom is 0.220 e. The van der Waals surface area contributed by atoms with E-state index in [2.05, 4.69) is 23.0 Å². The summed E-state index contributed by atoms with van der Waals surface area (Å²) in [7, 11) is 0. The van der Waals surface area contributed by atoms with Crippen LogP contribution in [0.15, 0.2) is 47.6 Å². The number of rotatable bonds is 2. The van der Waals surface area contributed by atoms with Gasteiger partial charge in [0.1, 0.15) is 0 Å². The van der Waals surface area contributed by atoms with Crippen LogP contribution in [0.3, 0.4) is 0 Å². The van der Waals surface area contributed by atoms with Gasteiger partial charge in [-0.15, -0.1) is 24.8 Å². The first-order chi connectivity index (χ1) is 10.1. The van der Waals surface area contributed by atoms with Gasteiger partial charge in [-0.1, -0.05) is 30.0 Å². The van der Waals surface area contributed by atoms with Gasteiger partial charge in [-0.2, -0.15) is 4.39 Å². The first kappa shape index (κ1) is 19.7. The van der Waals surface area contributed by atoms with Crippen molar-refractivity contribution in [2.75, 3.05) is 6.54 Å². The van der Waals surface area contributed by atoms with Crippen molar-refractivity contribution >= 4 is 41.7 Å². The van der Waals surface area contributed by atoms with Crippen LogP contribution in [0, 0.1) is 5.95 Å². The van der Waals surface area contributed by atoms with Gasteiger partial charge in [0.15, 0.2) is 5.17 Å². The predicted molar refractivity (Wildman–Crippen MR) is 100 cm³/mol. The third kappa shape index (κ3) is 4.16. The monoisotopic (exact) mass is 373 g/mol. The van der Waals surface area contributed by atoms with Crippen molar-refractivity contribution in [1.82, 2.24) is 4.98 Å². The molecule has 7 heteroatoms. The first-order valence-corrected chi connectivity index (χ1v) is 7.60. The number of halogens is 3. The highest BCUT2D eigenvalue weighted by molar-refractivity contribution is 8.14. The molecular weight excluding hydrogens is 356 g/mol. The summed E-state index contributed by atoms with van der Waals surface area (Å²) in [5.41, 5.74) is 8.35. The second kappa shape index (κ2) is 7.99. The average molecular weight is 374 g/mol. The van der Waals surface area contributed by atoms with E-state index in [9.17, 15) is 4.39 Å². The van der Waals surface area contributed by atoms with Gasteiger partial charge in [0.25, 0.3) is 0 Å². The van der Waals surface area contributed by atoms with Gasteiger partial charge in [-0.3, -0.25) is 4.99 Å². The Morgan fingerprint density at radius 3 is 2.70 bits per heavy atom. The molecule has 1 aromatic carbocycles. The van der Waals surface area contributed by atoms with Crippen molar-refractivity contribution in [1.29, 1.82) is 0 Å². The fraction of sp³-hybridized carbons (Fsp3) is 0.250. The fourth-order valence-electron chi connectivity index (χ4n) is 2.51. The molecule has 0 amide bonds. The summed E-state index contributed by atoms with van der Waals surface area (Å²) < 4.78 is 13.7. The Balaban J connectivity index is 0.00000132. The molecule has 2 N–H and O–H groups in total. The van der Waals surface area contributed by atoms with Gasteiger partial charge in [-0.05, 0) is 42.7 Å². The summed E-state index contributed by atoms with van der Waals surface area (Å²) >= 11 is 1.57. The molecule has 1 aliphatic heterocycles. The molecule has 0 spiro atoms. The molecule has 0 radical (unpaired) electrons. The number of nitrogens with zero attached hydrogens (tertiary/aromatic N) is 2. The number of hydrogen-bond donors (Lipinski definition) is 1. The molecule has 0 unspecified atom stereocenters. The number of hydrogen-bond acceptors (Lipinski definition) is 4. The molecule has 124 valence electrons. The van der Waals surface area contributed by atoms with E-state index in [1.165, 1.54) is 6.20 Å². The lowest BCUT2D eigenvalue weighted by molar-refractivity contribution is 0.587. The molecule has 2 aromatic rings. The molecule has 0 aliphatic carbocycles. The van der Waals surface area contributed by atoms with E-state index in [0.29, 0.717) is 10.7 Å². The minimum absolute atomic E-state index is 0. The Hall–Kier alpha value is -1.30. The summed E-state index contributed by atoms with van der Waals surface area (Å²) in [6.07, 6.45) is 2.37. The van der Waals surface area contributed by atoms with E-state index < -0.39 is 5.95 Å². The van der Waals surface area contributed by atoms with Crippen LogP contribution in [0.1, 0.15) is 18.9 Å². The van der Waals surface area contributed by atoms with Crippen molar-refractivity contribution in [3.63, 3.8) is 0 Å². The van der Waals surface area contributed by atoms with Gasteiger partial charge >= 0.3 is 0 Å². The van der Waals surface area contributed by atoms with E-state index in [0.717, 1.165) is 24.1 Å². The number of benzene rings is 1. The highest BCUT2D eigenvalue weighted by Crippen LogP contribution is 2.42. The third-order valence-electron chi connectivity index (χ3n) is 3.73. The van der Waals surface area contributed by atoms with Gasteiger partial charge in [0.05, 0.1) is 0 Å². The van der Waals surface area contributed by atoms with Gasteiger partial charge < -0.3 is 5.73 Å². The second-order valence-corrected chi connectivity index (χ2v) is 6.75. The Morgan fingerprint density at radius 1 is 1.22 bits per heavy atom. The third-order valence-corrected chi connectivity index (χ3v) is 4.96. The minimum Gasteiger partial charge on any atom is -0.379 e. The van der Waals surface area contributed by atoms with Crippen molar-refractivity contribution in [3.05, 3.63) is 54.1 Å².